The topological polar surface area (TPSA) is 146 Å². The van der Waals surface area contributed by atoms with Crippen LogP contribution in [0.15, 0.2) is 34.6 Å². The molecule has 2 N–H and O–H groups in total. The zero-order valence-corrected chi connectivity index (χ0v) is 26.0. The Morgan fingerprint density at radius 1 is 1.17 bits per heavy atom. The first-order valence-electron chi connectivity index (χ1n) is 14.6. The van der Waals surface area contributed by atoms with E-state index in [1.54, 1.807) is 47.6 Å². The number of carbonyl (C=O) groups excluding carboxylic acids is 4. The van der Waals surface area contributed by atoms with Crippen LogP contribution in [0, 0.1) is 17.3 Å². The molecule has 0 bridgehead atoms. The highest BCUT2D eigenvalue weighted by Crippen LogP contribution is 2.60. The number of Topliss-reactive ketones (excluding diaryl/α,β-unsaturated/α-hetero) is 1. The summed E-state index contributed by atoms with van der Waals surface area (Å²) in [5.41, 5.74) is -2.62. The van der Waals surface area contributed by atoms with E-state index in [0.717, 1.165) is 5.57 Å². The number of aliphatic hydroxyl groups excluding tert-OH is 1. The zero-order valence-electron chi connectivity index (χ0n) is 26.0. The largest absolute Gasteiger partial charge is 0.482 e. The van der Waals surface area contributed by atoms with E-state index in [4.69, 9.17) is 18.9 Å². The predicted molar refractivity (Wildman–Crippen MR) is 151 cm³/mol. The molecule has 0 aromatic heterocycles. The number of aliphatic hydroxyl groups is 2. The second-order valence-electron chi connectivity index (χ2n) is 13.2. The average molecular weight is 589 g/mol. The lowest BCUT2D eigenvalue weighted by Gasteiger charge is -2.63. The Kier molecular flexibility index (Phi) is 8.43. The molecule has 0 spiro atoms. The van der Waals surface area contributed by atoms with E-state index in [1.165, 1.54) is 19.9 Å². The van der Waals surface area contributed by atoms with Crippen LogP contribution in [-0.2, 0) is 38.1 Å². The van der Waals surface area contributed by atoms with Crippen molar-refractivity contribution in [1.29, 1.82) is 0 Å². The lowest BCUT2D eigenvalue weighted by Crippen LogP contribution is -2.70. The van der Waals surface area contributed by atoms with Gasteiger partial charge in [0.25, 0.3) is 0 Å². The summed E-state index contributed by atoms with van der Waals surface area (Å²) >= 11 is 0. The summed E-state index contributed by atoms with van der Waals surface area (Å²) in [7, 11) is 0. The summed E-state index contributed by atoms with van der Waals surface area (Å²) in [6.07, 6.45) is -0.120. The number of carbonyl (C=O) groups is 4. The van der Waals surface area contributed by atoms with Crippen LogP contribution in [0.3, 0.4) is 0 Å². The Bertz CT molecular complexity index is 1270. The van der Waals surface area contributed by atoms with Crippen molar-refractivity contribution in [2.45, 2.75) is 123 Å². The number of esters is 2. The van der Waals surface area contributed by atoms with Gasteiger partial charge in [0.2, 0.25) is 5.78 Å². The fourth-order valence-electron chi connectivity index (χ4n) is 7.55. The van der Waals surface area contributed by atoms with Crippen molar-refractivity contribution in [3.63, 3.8) is 0 Å². The van der Waals surface area contributed by atoms with Crippen molar-refractivity contribution < 1.29 is 48.3 Å². The van der Waals surface area contributed by atoms with Gasteiger partial charge < -0.3 is 29.2 Å². The molecule has 232 valence electrons. The second-order valence-corrected chi connectivity index (χ2v) is 13.2. The summed E-state index contributed by atoms with van der Waals surface area (Å²) in [5.74, 6) is -3.78. The summed E-state index contributed by atoms with van der Waals surface area (Å²) in [4.78, 5) is 51.7. The summed E-state index contributed by atoms with van der Waals surface area (Å²) in [5, 5.41) is 22.7. The fourth-order valence-corrected chi connectivity index (χ4v) is 7.55. The maximum atomic E-state index is 13.9. The predicted octanol–water partition coefficient (Wildman–Crippen LogP) is 3.28. The van der Waals surface area contributed by atoms with E-state index < -0.39 is 82.5 Å². The van der Waals surface area contributed by atoms with Crippen molar-refractivity contribution in [1.82, 2.24) is 0 Å². The zero-order chi connectivity index (χ0) is 31.5. The summed E-state index contributed by atoms with van der Waals surface area (Å²) < 4.78 is 24.2. The van der Waals surface area contributed by atoms with Crippen molar-refractivity contribution in [2.75, 3.05) is 0 Å². The van der Waals surface area contributed by atoms with Crippen LogP contribution in [0.25, 0.3) is 0 Å². The third-order valence-electron chi connectivity index (χ3n) is 9.82. The van der Waals surface area contributed by atoms with Gasteiger partial charge >= 0.3 is 11.9 Å². The van der Waals surface area contributed by atoms with E-state index in [2.05, 4.69) is 0 Å². The van der Waals surface area contributed by atoms with E-state index in [9.17, 15) is 29.4 Å². The molecule has 9 unspecified atom stereocenters. The molecule has 1 saturated heterocycles. The molecule has 2 aliphatic carbocycles. The van der Waals surface area contributed by atoms with Crippen molar-refractivity contribution in [3.05, 3.63) is 34.6 Å². The molecule has 0 aromatic carbocycles. The van der Waals surface area contributed by atoms with Gasteiger partial charge in [0.1, 0.15) is 17.8 Å². The molecule has 4 aliphatic rings. The maximum Gasteiger partial charge on any atom is 0.303 e. The van der Waals surface area contributed by atoms with Crippen LogP contribution in [-0.4, -0.2) is 75.4 Å². The van der Waals surface area contributed by atoms with Gasteiger partial charge in [-0.3, -0.25) is 19.2 Å². The normalized spacial score (nSPS) is 36.5. The van der Waals surface area contributed by atoms with E-state index in [0.29, 0.717) is 12.8 Å². The van der Waals surface area contributed by atoms with E-state index >= 15 is 0 Å². The van der Waals surface area contributed by atoms with Crippen LogP contribution in [0.1, 0.15) is 81.6 Å². The highest BCUT2D eigenvalue weighted by molar-refractivity contribution is 6.22. The molecule has 9 atom stereocenters. The molecule has 2 aliphatic heterocycles. The van der Waals surface area contributed by atoms with Crippen molar-refractivity contribution in [2.24, 2.45) is 17.3 Å². The van der Waals surface area contributed by atoms with Crippen LogP contribution < -0.4 is 0 Å². The lowest BCUT2D eigenvalue weighted by atomic mass is 9.51. The Morgan fingerprint density at radius 3 is 2.36 bits per heavy atom. The number of ketones is 2. The molecule has 4 rings (SSSR count). The minimum Gasteiger partial charge on any atom is -0.482 e. The first kappa shape index (κ1) is 32.1. The SMILES string of the molecule is C/C=C(\C)C(OC(C)=O)C(C)C1=CC(=O)C2=C(OC3(C)CCC4OC(C(C)(C)O)CC(OC(C)=O)C4(C)C3C2O)C1=O. The Balaban J connectivity index is 1.76. The van der Waals surface area contributed by atoms with E-state index in [1.807, 2.05) is 6.92 Å². The van der Waals surface area contributed by atoms with Crippen LogP contribution >= 0.6 is 0 Å². The van der Waals surface area contributed by atoms with Gasteiger partial charge in [0, 0.05) is 43.1 Å². The molecule has 0 radical (unpaired) electrons. The molecule has 42 heavy (non-hydrogen) atoms. The number of rotatable bonds is 6. The monoisotopic (exact) mass is 588 g/mol. The molecule has 10 nitrogen and oxygen atoms in total. The fraction of sp³-hybridized carbons (Fsp3) is 0.688. The molecule has 2 heterocycles. The minimum absolute atomic E-state index is 0.132. The maximum absolute atomic E-state index is 13.9. The minimum atomic E-state index is -1.42. The first-order chi connectivity index (χ1) is 19.4. The Hall–Kier alpha value is -2.82. The van der Waals surface area contributed by atoms with Crippen LogP contribution in [0.5, 0.6) is 0 Å². The van der Waals surface area contributed by atoms with Crippen molar-refractivity contribution >= 4 is 23.5 Å². The third-order valence-corrected chi connectivity index (χ3v) is 9.82. The number of fused-ring (bicyclic) bond motifs is 3. The number of hydrogen-bond acceptors (Lipinski definition) is 10. The average Bonchev–Trinajstić information content (AvgIpc) is 2.87. The standard InChI is InChI=1S/C32H44O10/c1-10-15(2)27(40-18(5)34)16(3)19-13-20(35)24-26(37)29-31(8,42-28(24)25(19)36)12-11-21-32(29,9)23(39-17(4)33)14-22(41-21)30(6,7)38/h10,13,16,21-23,26-27,29,37-38H,11-12,14H2,1-9H3/b15-10+. The highest BCUT2D eigenvalue weighted by Gasteiger charge is 2.68. The van der Waals surface area contributed by atoms with Gasteiger partial charge in [-0.1, -0.05) is 19.9 Å². The summed E-state index contributed by atoms with van der Waals surface area (Å²) in [6, 6.07) is 0. The molecule has 1 saturated carbocycles. The number of allylic oxidation sites excluding steroid dienone is 3. The molecular weight excluding hydrogens is 544 g/mol. The van der Waals surface area contributed by atoms with Gasteiger partial charge in [-0.15, -0.1) is 0 Å². The molecule has 0 amide bonds. The third kappa shape index (κ3) is 5.26. The quantitative estimate of drug-likeness (QED) is 0.269. The number of ether oxygens (including phenoxy) is 4. The van der Waals surface area contributed by atoms with Gasteiger partial charge in [-0.05, 0) is 59.1 Å². The summed E-state index contributed by atoms with van der Waals surface area (Å²) in [6.45, 7) is 14.8. The van der Waals surface area contributed by atoms with Gasteiger partial charge in [0.15, 0.2) is 11.5 Å². The van der Waals surface area contributed by atoms with Crippen LogP contribution in [0.4, 0.5) is 0 Å². The van der Waals surface area contributed by atoms with Gasteiger partial charge in [-0.2, -0.15) is 0 Å². The Labute approximate surface area is 247 Å². The lowest BCUT2D eigenvalue weighted by molar-refractivity contribution is -0.293. The van der Waals surface area contributed by atoms with Gasteiger partial charge in [-0.25, -0.2) is 0 Å². The highest BCUT2D eigenvalue weighted by atomic mass is 16.6. The van der Waals surface area contributed by atoms with Crippen LogP contribution in [0.2, 0.25) is 0 Å². The van der Waals surface area contributed by atoms with Crippen molar-refractivity contribution in [3.8, 4) is 0 Å². The Morgan fingerprint density at radius 2 is 1.81 bits per heavy atom. The molecule has 2 fully saturated rings. The molecule has 0 aromatic rings. The second kappa shape index (κ2) is 11.0. The number of hydrogen-bond donors (Lipinski definition) is 2. The smallest absolute Gasteiger partial charge is 0.303 e. The van der Waals surface area contributed by atoms with Gasteiger partial charge in [0.05, 0.1) is 29.5 Å². The van der Waals surface area contributed by atoms with E-state index in [-0.39, 0.29) is 23.3 Å². The molecule has 10 heteroatoms. The molecular formula is C32H44O10. The first-order valence-corrected chi connectivity index (χ1v) is 14.6.